The number of ketones is 1. The Labute approximate surface area is 71.6 Å². The highest BCUT2D eigenvalue weighted by atomic mass is 16.3. The first-order valence-corrected chi connectivity index (χ1v) is 4.33. The van der Waals surface area contributed by atoms with Gasteiger partial charge in [-0.1, -0.05) is 0 Å². The van der Waals surface area contributed by atoms with Crippen molar-refractivity contribution < 1.29 is 9.21 Å². The maximum absolute atomic E-state index is 11.1. The molecule has 0 bridgehead atoms. The Hall–Kier alpha value is -1.05. The summed E-state index contributed by atoms with van der Waals surface area (Å²) in [5.74, 6) is 1.62. The van der Waals surface area contributed by atoms with Crippen molar-refractivity contribution in [3.8, 4) is 0 Å². The molecule has 2 heteroatoms. The van der Waals surface area contributed by atoms with E-state index in [-0.39, 0.29) is 5.92 Å². The van der Waals surface area contributed by atoms with Crippen molar-refractivity contribution in [2.24, 2.45) is 5.92 Å². The van der Waals surface area contributed by atoms with E-state index < -0.39 is 0 Å². The number of hydrogen-bond donors (Lipinski definition) is 0. The van der Waals surface area contributed by atoms with E-state index in [0.717, 1.165) is 25.0 Å². The van der Waals surface area contributed by atoms with Crippen LogP contribution in [-0.4, -0.2) is 5.78 Å². The molecule has 1 aliphatic carbocycles. The molecular weight excluding hydrogens is 152 g/mol. The van der Waals surface area contributed by atoms with Crippen LogP contribution in [0.1, 0.15) is 24.7 Å². The summed E-state index contributed by atoms with van der Waals surface area (Å²) in [6, 6.07) is 1.98. The summed E-state index contributed by atoms with van der Waals surface area (Å²) in [5.41, 5.74) is 1.22. The largest absolute Gasteiger partial charge is 0.469 e. The summed E-state index contributed by atoms with van der Waals surface area (Å²) < 4.78 is 5.27. The molecule has 0 fully saturated rings. The van der Waals surface area contributed by atoms with Gasteiger partial charge >= 0.3 is 0 Å². The molecule has 1 unspecified atom stereocenters. The maximum Gasteiger partial charge on any atom is 0.133 e. The molecule has 2 rings (SSSR count). The van der Waals surface area contributed by atoms with Crippen molar-refractivity contribution in [2.75, 3.05) is 0 Å². The Balaban J connectivity index is 2.20. The van der Waals surface area contributed by atoms with Crippen LogP contribution < -0.4 is 0 Å². The zero-order valence-electron chi connectivity index (χ0n) is 7.17. The summed E-state index contributed by atoms with van der Waals surface area (Å²) in [6.45, 7) is 1.68. The molecule has 1 aromatic rings. The molecule has 1 atom stereocenters. The van der Waals surface area contributed by atoms with Crippen molar-refractivity contribution in [3.63, 3.8) is 0 Å². The molecule has 2 nitrogen and oxygen atoms in total. The minimum atomic E-state index is 0.232. The number of fused-ring (bicyclic) bond motifs is 1. The molecule has 0 saturated heterocycles. The molecule has 0 saturated carbocycles. The van der Waals surface area contributed by atoms with E-state index in [1.165, 1.54) is 5.56 Å². The normalized spacial score (nSPS) is 21.9. The monoisotopic (exact) mass is 164 g/mol. The highest BCUT2D eigenvalue weighted by molar-refractivity contribution is 5.78. The van der Waals surface area contributed by atoms with Gasteiger partial charge in [0.2, 0.25) is 0 Å². The number of carbonyl (C=O) groups is 1. The lowest BCUT2D eigenvalue weighted by atomic mass is 9.86. The Morgan fingerprint density at radius 3 is 3.25 bits per heavy atom. The average molecular weight is 164 g/mol. The van der Waals surface area contributed by atoms with Crippen LogP contribution in [-0.2, 0) is 17.6 Å². The molecule has 0 aromatic carbocycles. The Bertz CT molecular complexity index is 299. The van der Waals surface area contributed by atoms with E-state index in [0.29, 0.717) is 5.78 Å². The van der Waals surface area contributed by atoms with Gasteiger partial charge in [0.25, 0.3) is 0 Å². The third kappa shape index (κ3) is 1.17. The number of furan rings is 1. The lowest BCUT2D eigenvalue weighted by Gasteiger charge is -2.17. The number of aryl methyl sites for hydroxylation is 1. The third-order valence-electron chi connectivity index (χ3n) is 2.60. The van der Waals surface area contributed by atoms with Crippen LogP contribution in [0.5, 0.6) is 0 Å². The SMILES string of the molecule is CC(=O)C1CCc2occc2C1. The Kier molecular flexibility index (Phi) is 1.75. The highest BCUT2D eigenvalue weighted by Crippen LogP contribution is 2.26. The van der Waals surface area contributed by atoms with Crippen LogP contribution in [0.2, 0.25) is 0 Å². The van der Waals surface area contributed by atoms with Crippen molar-refractivity contribution in [3.05, 3.63) is 23.7 Å². The van der Waals surface area contributed by atoms with Gasteiger partial charge < -0.3 is 4.42 Å². The second-order valence-electron chi connectivity index (χ2n) is 3.42. The molecule has 12 heavy (non-hydrogen) atoms. The van der Waals surface area contributed by atoms with Gasteiger partial charge in [-0.15, -0.1) is 0 Å². The van der Waals surface area contributed by atoms with E-state index in [2.05, 4.69) is 0 Å². The van der Waals surface area contributed by atoms with Crippen LogP contribution in [0.25, 0.3) is 0 Å². The van der Waals surface area contributed by atoms with Crippen LogP contribution in [0, 0.1) is 5.92 Å². The zero-order valence-corrected chi connectivity index (χ0v) is 7.17. The molecule has 0 spiro atoms. The third-order valence-corrected chi connectivity index (χ3v) is 2.60. The lowest BCUT2D eigenvalue weighted by Crippen LogP contribution is -2.19. The van der Waals surface area contributed by atoms with Gasteiger partial charge in [-0.2, -0.15) is 0 Å². The average Bonchev–Trinajstić information content (AvgIpc) is 2.49. The molecule has 0 N–H and O–H groups in total. The summed E-state index contributed by atoms with van der Waals surface area (Å²) in [6.07, 6.45) is 4.47. The summed E-state index contributed by atoms with van der Waals surface area (Å²) in [5, 5.41) is 0. The van der Waals surface area contributed by atoms with Gasteiger partial charge in [0.15, 0.2) is 0 Å². The highest BCUT2D eigenvalue weighted by Gasteiger charge is 2.23. The van der Waals surface area contributed by atoms with Crippen molar-refractivity contribution in [1.29, 1.82) is 0 Å². The minimum Gasteiger partial charge on any atom is -0.469 e. The van der Waals surface area contributed by atoms with Gasteiger partial charge in [-0.25, -0.2) is 0 Å². The smallest absolute Gasteiger partial charge is 0.133 e. The second kappa shape index (κ2) is 2.77. The van der Waals surface area contributed by atoms with E-state index in [1.807, 2.05) is 6.07 Å². The van der Waals surface area contributed by atoms with Gasteiger partial charge in [0, 0.05) is 12.3 Å². The number of carbonyl (C=O) groups excluding carboxylic acids is 1. The minimum absolute atomic E-state index is 0.232. The fourth-order valence-corrected chi connectivity index (χ4v) is 1.79. The number of hydrogen-bond acceptors (Lipinski definition) is 2. The molecular formula is C10H12O2. The van der Waals surface area contributed by atoms with Gasteiger partial charge in [-0.05, 0) is 31.4 Å². The van der Waals surface area contributed by atoms with E-state index >= 15 is 0 Å². The number of rotatable bonds is 1. The standard InChI is InChI=1S/C10H12O2/c1-7(11)8-2-3-10-9(6-8)4-5-12-10/h4-5,8H,2-3,6H2,1H3. The van der Waals surface area contributed by atoms with Crippen LogP contribution in [0.4, 0.5) is 0 Å². The van der Waals surface area contributed by atoms with Gasteiger partial charge in [-0.3, -0.25) is 4.79 Å². The van der Waals surface area contributed by atoms with E-state index in [9.17, 15) is 4.79 Å². The molecule has 0 radical (unpaired) electrons. The predicted molar refractivity (Wildman–Crippen MR) is 44.9 cm³/mol. The molecule has 0 aliphatic heterocycles. The lowest BCUT2D eigenvalue weighted by molar-refractivity contribution is -0.121. The van der Waals surface area contributed by atoms with Crippen LogP contribution >= 0.6 is 0 Å². The Morgan fingerprint density at radius 2 is 2.50 bits per heavy atom. The number of Topliss-reactive ketones (excluding diaryl/α,β-unsaturated/α-hetero) is 1. The molecule has 1 aromatic heterocycles. The first kappa shape index (κ1) is 7.59. The summed E-state index contributed by atoms with van der Waals surface area (Å²) >= 11 is 0. The molecule has 0 amide bonds. The zero-order chi connectivity index (χ0) is 8.55. The summed E-state index contributed by atoms with van der Waals surface area (Å²) in [4.78, 5) is 11.1. The predicted octanol–water partition coefficient (Wildman–Crippen LogP) is 1.97. The van der Waals surface area contributed by atoms with E-state index in [4.69, 9.17) is 4.42 Å². The van der Waals surface area contributed by atoms with E-state index in [1.54, 1.807) is 13.2 Å². The quantitative estimate of drug-likeness (QED) is 0.635. The van der Waals surface area contributed by atoms with Crippen molar-refractivity contribution in [2.45, 2.75) is 26.2 Å². The van der Waals surface area contributed by atoms with Crippen molar-refractivity contribution in [1.82, 2.24) is 0 Å². The van der Waals surface area contributed by atoms with Crippen molar-refractivity contribution >= 4 is 5.78 Å². The fraction of sp³-hybridized carbons (Fsp3) is 0.500. The van der Waals surface area contributed by atoms with Gasteiger partial charge in [0.05, 0.1) is 6.26 Å². The molecule has 1 aliphatic rings. The first-order valence-electron chi connectivity index (χ1n) is 4.33. The Morgan fingerprint density at radius 1 is 1.67 bits per heavy atom. The second-order valence-corrected chi connectivity index (χ2v) is 3.42. The van der Waals surface area contributed by atoms with Gasteiger partial charge in [0.1, 0.15) is 11.5 Å². The molecule has 64 valence electrons. The summed E-state index contributed by atoms with van der Waals surface area (Å²) in [7, 11) is 0. The maximum atomic E-state index is 11.1. The van der Waals surface area contributed by atoms with Crippen LogP contribution in [0.3, 0.4) is 0 Å². The first-order chi connectivity index (χ1) is 5.77. The topological polar surface area (TPSA) is 30.2 Å². The van der Waals surface area contributed by atoms with Crippen LogP contribution in [0.15, 0.2) is 16.7 Å². The molecule has 1 heterocycles. The fourth-order valence-electron chi connectivity index (χ4n) is 1.79.